The van der Waals surface area contributed by atoms with Crippen LogP contribution in [0.5, 0.6) is 0 Å². The Hall–Kier alpha value is -3.23. The van der Waals surface area contributed by atoms with Gasteiger partial charge in [0.15, 0.2) is 0 Å². The van der Waals surface area contributed by atoms with Crippen LogP contribution in [-0.4, -0.2) is 23.6 Å². The van der Waals surface area contributed by atoms with E-state index >= 15 is 0 Å². The maximum absolute atomic E-state index is 13.0. The van der Waals surface area contributed by atoms with Crippen LogP contribution in [0.3, 0.4) is 0 Å². The molecule has 1 amide bonds. The van der Waals surface area contributed by atoms with Gasteiger partial charge in [0.1, 0.15) is 0 Å². The van der Waals surface area contributed by atoms with Crippen molar-refractivity contribution >= 4 is 23.0 Å². The summed E-state index contributed by atoms with van der Waals surface area (Å²) in [5.41, 5.74) is 2.22. The smallest absolute Gasteiger partial charge is 0.254 e. The molecular weight excluding hydrogens is 368 g/mol. The largest absolute Gasteiger partial charge is 0.337 e. The Balaban J connectivity index is 1.85. The zero-order valence-electron chi connectivity index (χ0n) is 15.8. The van der Waals surface area contributed by atoms with Gasteiger partial charge in [-0.1, -0.05) is 37.3 Å². The Morgan fingerprint density at radius 1 is 1.04 bits per heavy atom. The van der Waals surface area contributed by atoms with Gasteiger partial charge >= 0.3 is 0 Å². The van der Waals surface area contributed by atoms with E-state index in [1.54, 1.807) is 54.4 Å². The number of carbonyl (C=O) groups is 2. The monoisotopic (exact) mass is 388 g/mol. The Morgan fingerprint density at radius 3 is 2.46 bits per heavy atom. The van der Waals surface area contributed by atoms with Crippen molar-refractivity contribution in [3.05, 3.63) is 92.7 Å². The number of aryl methyl sites for hydroxylation is 1. The average molecular weight is 388 g/mol. The number of hydrogen-bond donors (Lipinski definition) is 0. The minimum atomic E-state index is -0.224. The van der Waals surface area contributed by atoms with E-state index in [-0.39, 0.29) is 11.7 Å². The number of nitriles is 1. The minimum Gasteiger partial charge on any atom is -0.337 e. The van der Waals surface area contributed by atoms with E-state index in [0.717, 1.165) is 16.9 Å². The van der Waals surface area contributed by atoms with Crippen LogP contribution < -0.4 is 0 Å². The molecule has 0 atom stereocenters. The Kier molecular flexibility index (Phi) is 6.03. The van der Waals surface area contributed by atoms with Gasteiger partial charge in [-0.2, -0.15) is 5.26 Å². The van der Waals surface area contributed by atoms with Crippen LogP contribution in [0.2, 0.25) is 0 Å². The first-order chi connectivity index (χ1) is 13.5. The summed E-state index contributed by atoms with van der Waals surface area (Å²) in [5.74, 6) is -0.355. The van der Waals surface area contributed by atoms with Crippen LogP contribution in [0.25, 0.3) is 0 Å². The lowest BCUT2D eigenvalue weighted by Crippen LogP contribution is -2.27. The maximum atomic E-state index is 13.0. The molecule has 0 aliphatic rings. The SMILES string of the molecule is CCc1ccc(C(=O)c2ccccc2C(=O)N(C)Cc2cccc(C#N)c2)s1. The van der Waals surface area contributed by atoms with Crippen molar-refractivity contribution < 1.29 is 9.59 Å². The van der Waals surface area contributed by atoms with Crippen molar-refractivity contribution in [2.45, 2.75) is 19.9 Å². The second kappa shape index (κ2) is 8.64. The molecule has 0 N–H and O–H groups in total. The predicted octanol–water partition coefficient (Wildman–Crippen LogP) is 4.69. The fourth-order valence-electron chi connectivity index (χ4n) is 2.98. The van der Waals surface area contributed by atoms with Crippen LogP contribution in [0, 0.1) is 11.3 Å². The standard InChI is InChI=1S/C23H20N2O2S/c1-3-18-11-12-21(28-18)22(26)19-9-4-5-10-20(19)23(27)25(2)15-17-8-6-7-16(13-17)14-24/h4-13H,3,15H2,1-2H3. The molecule has 140 valence electrons. The van der Waals surface area contributed by atoms with Crippen molar-refractivity contribution in [2.24, 2.45) is 0 Å². The van der Waals surface area contributed by atoms with Crippen molar-refractivity contribution in [3.8, 4) is 6.07 Å². The summed E-state index contributed by atoms with van der Waals surface area (Å²) in [6.07, 6.45) is 0.878. The summed E-state index contributed by atoms with van der Waals surface area (Å²) >= 11 is 1.47. The predicted molar refractivity (Wildman–Crippen MR) is 111 cm³/mol. The molecule has 3 rings (SSSR count). The number of ketones is 1. The summed E-state index contributed by atoms with van der Waals surface area (Å²) < 4.78 is 0. The molecule has 1 aromatic heterocycles. The van der Waals surface area contributed by atoms with Gasteiger partial charge < -0.3 is 4.90 Å². The first kappa shape index (κ1) is 19.5. The molecule has 1 heterocycles. The van der Waals surface area contributed by atoms with Gasteiger partial charge in [-0.05, 0) is 42.3 Å². The van der Waals surface area contributed by atoms with E-state index in [9.17, 15) is 9.59 Å². The van der Waals surface area contributed by atoms with E-state index in [1.807, 2.05) is 25.1 Å². The molecule has 2 aromatic carbocycles. The lowest BCUT2D eigenvalue weighted by Gasteiger charge is -2.19. The number of amides is 1. The van der Waals surface area contributed by atoms with Gasteiger partial charge in [0.2, 0.25) is 5.78 Å². The Bertz CT molecular complexity index is 1060. The van der Waals surface area contributed by atoms with Gasteiger partial charge in [-0.25, -0.2) is 0 Å². The molecule has 0 radical (unpaired) electrons. The van der Waals surface area contributed by atoms with Gasteiger partial charge in [0, 0.05) is 24.0 Å². The molecule has 0 bridgehead atoms. The Labute approximate surface area is 168 Å². The lowest BCUT2D eigenvalue weighted by atomic mass is 10.0. The molecule has 0 spiro atoms. The fourth-order valence-corrected chi connectivity index (χ4v) is 3.88. The minimum absolute atomic E-state index is 0.131. The van der Waals surface area contributed by atoms with Gasteiger partial charge in [-0.15, -0.1) is 11.3 Å². The van der Waals surface area contributed by atoms with Crippen molar-refractivity contribution in [1.82, 2.24) is 4.90 Å². The summed E-state index contributed by atoms with van der Waals surface area (Å²) in [6.45, 7) is 2.41. The van der Waals surface area contributed by atoms with Crippen LogP contribution >= 0.6 is 11.3 Å². The van der Waals surface area contributed by atoms with Crippen molar-refractivity contribution in [1.29, 1.82) is 5.26 Å². The van der Waals surface area contributed by atoms with Crippen LogP contribution in [-0.2, 0) is 13.0 Å². The summed E-state index contributed by atoms with van der Waals surface area (Å²) in [6, 6.07) is 20.0. The van der Waals surface area contributed by atoms with Gasteiger partial charge in [0.05, 0.1) is 22.1 Å². The molecule has 28 heavy (non-hydrogen) atoms. The molecule has 4 nitrogen and oxygen atoms in total. The normalized spacial score (nSPS) is 10.3. The molecule has 3 aromatic rings. The highest BCUT2D eigenvalue weighted by Crippen LogP contribution is 2.23. The average Bonchev–Trinajstić information content (AvgIpc) is 3.22. The first-order valence-corrected chi connectivity index (χ1v) is 9.82. The van der Waals surface area contributed by atoms with E-state index in [1.165, 1.54) is 11.3 Å². The third-order valence-electron chi connectivity index (χ3n) is 4.46. The maximum Gasteiger partial charge on any atom is 0.254 e. The molecule has 0 aliphatic carbocycles. The third kappa shape index (κ3) is 4.19. The quantitative estimate of drug-likeness (QED) is 0.576. The number of hydrogen-bond acceptors (Lipinski definition) is 4. The molecule has 5 heteroatoms. The van der Waals surface area contributed by atoms with E-state index < -0.39 is 0 Å². The summed E-state index contributed by atoms with van der Waals surface area (Å²) in [7, 11) is 1.70. The van der Waals surface area contributed by atoms with Crippen LogP contribution in [0.4, 0.5) is 0 Å². The lowest BCUT2D eigenvalue weighted by molar-refractivity contribution is 0.0780. The molecule has 0 saturated heterocycles. The van der Waals surface area contributed by atoms with E-state index in [2.05, 4.69) is 6.07 Å². The highest BCUT2D eigenvalue weighted by Gasteiger charge is 2.21. The first-order valence-electron chi connectivity index (χ1n) is 9.00. The molecule has 0 saturated carbocycles. The van der Waals surface area contributed by atoms with Crippen molar-refractivity contribution in [3.63, 3.8) is 0 Å². The topological polar surface area (TPSA) is 61.2 Å². The summed E-state index contributed by atoms with van der Waals surface area (Å²) in [4.78, 5) is 29.3. The number of nitrogens with zero attached hydrogens (tertiary/aromatic N) is 2. The number of benzene rings is 2. The zero-order chi connectivity index (χ0) is 20.1. The molecular formula is C23H20N2O2S. The Morgan fingerprint density at radius 2 is 1.79 bits per heavy atom. The molecule has 0 fully saturated rings. The number of rotatable bonds is 6. The second-order valence-electron chi connectivity index (χ2n) is 6.47. The van der Waals surface area contributed by atoms with Gasteiger partial charge in [0.25, 0.3) is 5.91 Å². The van der Waals surface area contributed by atoms with Crippen molar-refractivity contribution in [2.75, 3.05) is 7.05 Å². The van der Waals surface area contributed by atoms with E-state index in [4.69, 9.17) is 5.26 Å². The zero-order valence-corrected chi connectivity index (χ0v) is 16.6. The fraction of sp³-hybridized carbons (Fsp3) is 0.174. The molecule has 0 unspecified atom stereocenters. The van der Waals surface area contributed by atoms with Crippen LogP contribution in [0.15, 0.2) is 60.7 Å². The highest BCUT2D eigenvalue weighted by molar-refractivity contribution is 7.14. The molecule has 0 aliphatic heterocycles. The van der Waals surface area contributed by atoms with Crippen LogP contribution in [0.1, 0.15) is 48.5 Å². The summed E-state index contributed by atoms with van der Waals surface area (Å²) in [5, 5.41) is 9.04. The second-order valence-corrected chi connectivity index (χ2v) is 7.64. The van der Waals surface area contributed by atoms with Gasteiger partial charge in [-0.3, -0.25) is 9.59 Å². The third-order valence-corrected chi connectivity index (χ3v) is 5.69. The van der Waals surface area contributed by atoms with E-state index in [0.29, 0.717) is 28.1 Å². The highest BCUT2D eigenvalue weighted by atomic mass is 32.1. The number of carbonyl (C=O) groups excluding carboxylic acids is 2. The number of thiophene rings is 1.